The van der Waals surface area contributed by atoms with E-state index in [1.807, 2.05) is 124 Å². The van der Waals surface area contributed by atoms with Gasteiger partial charge < -0.3 is 162 Å². The Balaban J connectivity index is 0.000000241. The molecule has 3 aromatic heterocycles. The van der Waals surface area contributed by atoms with Crippen LogP contribution in [0.15, 0.2) is 54.6 Å². The lowest BCUT2D eigenvalue weighted by Gasteiger charge is -2.39. The van der Waals surface area contributed by atoms with E-state index in [1.54, 1.807) is 27.7 Å². The van der Waals surface area contributed by atoms with Crippen molar-refractivity contribution in [1.29, 1.82) is 0 Å². The Morgan fingerprint density at radius 3 is 1.20 bits per heavy atom. The second kappa shape index (κ2) is 49.8. The second-order valence-corrected chi connectivity index (χ2v) is 35.2. The smallest absolute Gasteiger partial charge is 0.315 e. The highest BCUT2D eigenvalue weighted by Crippen LogP contribution is 2.39. The Labute approximate surface area is 755 Å². The molecule has 26 N–H and O–H groups in total. The number of ether oxygens (including phenoxy) is 11. The van der Waals surface area contributed by atoms with Gasteiger partial charge in [-0.1, -0.05) is 73.6 Å². The largest absolute Gasteiger partial charge is 0.494 e. The van der Waals surface area contributed by atoms with Crippen molar-refractivity contribution in [2.24, 2.45) is 17.4 Å². The average molecular weight is 1840 g/mol. The molecule has 7 heterocycles. The number of aromatic nitrogens is 6. The number of hydrogen-bond donors (Lipinski definition) is 24. The summed E-state index contributed by atoms with van der Waals surface area (Å²) in [7, 11) is 0. The number of rotatable bonds is 41. The summed E-state index contributed by atoms with van der Waals surface area (Å²) in [5.41, 5.74) is 19.1. The number of urea groups is 3. The first kappa shape index (κ1) is 106. The van der Waals surface area contributed by atoms with E-state index in [1.165, 1.54) is 0 Å². The van der Waals surface area contributed by atoms with Crippen LogP contribution in [0.25, 0.3) is 0 Å². The zero-order valence-electron chi connectivity index (χ0n) is 76.4. The molecule has 16 atom stereocenters. The maximum Gasteiger partial charge on any atom is 0.315 e. The summed E-state index contributed by atoms with van der Waals surface area (Å²) in [5.74, 6) is 2.51. The van der Waals surface area contributed by atoms with Crippen LogP contribution in [0.5, 0.6) is 40.6 Å². The van der Waals surface area contributed by atoms with Gasteiger partial charge in [0.1, 0.15) is 115 Å². The first-order valence-electron chi connectivity index (χ1n) is 44.0. The van der Waals surface area contributed by atoms with Gasteiger partial charge in [-0.05, 0) is 136 Å². The molecule has 4 saturated heterocycles. The first-order chi connectivity index (χ1) is 61.6. The van der Waals surface area contributed by atoms with Gasteiger partial charge in [-0.25, -0.2) is 14.4 Å². The number of benzene rings is 3. The van der Waals surface area contributed by atoms with Crippen molar-refractivity contribution < 1.29 is 138 Å². The topological polar surface area (TPSA) is 643 Å². The molecular weight excluding hydrogens is 1700 g/mol. The minimum Gasteiger partial charge on any atom is -0.494 e. The van der Waals surface area contributed by atoms with Crippen molar-refractivity contribution in [3.63, 3.8) is 0 Å². The zero-order valence-corrected chi connectivity index (χ0v) is 76.4. The summed E-state index contributed by atoms with van der Waals surface area (Å²) < 4.78 is 63.9. The molecular formula is C88H138N14O28. The summed E-state index contributed by atoms with van der Waals surface area (Å²) >= 11 is 0. The highest BCUT2D eigenvalue weighted by Gasteiger charge is 2.49. The molecule has 42 heteroatoms. The van der Waals surface area contributed by atoms with Crippen LogP contribution in [-0.4, -0.2) is 322 Å². The van der Waals surface area contributed by atoms with Crippen molar-refractivity contribution in [3.05, 3.63) is 116 Å². The van der Waals surface area contributed by atoms with Crippen LogP contribution < -0.4 is 76.5 Å². The number of aromatic amines is 3. The molecule has 130 heavy (non-hydrogen) atoms. The molecule has 7 amide bonds. The summed E-state index contributed by atoms with van der Waals surface area (Å²) in [5, 5.41) is 168. The van der Waals surface area contributed by atoms with Crippen LogP contribution in [0.3, 0.4) is 0 Å². The van der Waals surface area contributed by atoms with Gasteiger partial charge in [-0.3, -0.25) is 20.1 Å². The monoisotopic (exact) mass is 1840 g/mol. The van der Waals surface area contributed by atoms with Gasteiger partial charge in [-0.15, -0.1) is 15.3 Å². The molecule has 10 rings (SSSR count). The molecule has 0 bridgehead atoms. The number of H-pyrrole nitrogens is 3. The molecule has 728 valence electrons. The van der Waals surface area contributed by atoms with Crippen LogP contribution >= 0.6 is 0 Å². The lowest BCUT2D eigenvalue weighted by Crippen LogP contribution is -2.60. The number of nitrogens with one attached hydrogen (secondary N) is 9. The van der Waals surface area contributed by atoms with E-state index in [-0.39, 0.29) is 72.7 Å². The molecule has 0 saturated carbocycles. The number of hydrogen-bond acceptors (Lipinski definition) is 32. The summed E-state index contributed by atoms with van der Waals surface area (Å²) in [6.07, 6.45) is -17.5. The maximum absolute atomic E-state index is 12.1. The fourth-order valence-electron chi connectivity index (χ4n) is 14.3. The molecule has 0 radical (unpaired) electrons. The Morgan fingerprint density at radius 2 is 0.838 bits per heavy atom. The average Bonchev–Trinajstić information content (AvgIpc) is 1.58. The zero-order chi connectivity index (χ0) is 95.6. The van der Waals surface area contributed by atoms with Crippen molar-refractivity contribution >= 4 is 24.0 Å². The Bertz CT molecular complexity index is 4500. The Kier molecular flexibility index (Phi) is 40.5. The molecule has 0 aliphatic carbocycles. The van der Waals surface area contributed by atoms with Crippen molar-refractivity contribution in [1.82, 2.24) is 62.5 Å². The number of nitrogens with zero attached hydrogens (tertiary/aromatic N) is 3. The number of aliphatic hydroxyl groups is 13. The third-order valence-corrected chi connectivity index (χ3v) is 22.3. The van der Waals surface area contributed by atoms with Gasteiger partial charge in [0.2, 0.25) is 42.4 Å². The number of carbonyl (C=O) groups excluding carboxylic acids is 4. The molecule has 6 aromatic rings. The van der Waals surface area contributed by atoms with Crippen LogP contribution in [-0.2, 0) is 43.0 Å². The second-order valence-electron chi connectivity index (χ2n) is 35.2. The summed E-state index contributed by atoms with van der Waals surface area (Å²) in [6.45, 7) is 28.3. The third-order valence-electron chi connectivity index (χ3n) is 22.3. The highest BCUT2D eigenvalue weighted by atomic mass is 16.7. The van der Waals surface area contributed by atoms with Crippen molar-refractivity contribution in [3.8, 4) is 40.6 Å². The Hall–Kier alpha value is -9.55. The van der Waals surface area contributed by atoms with E-state index in [9.17, 15) is 85.6 Å². The van der Waals surface area contributed by atoms with Crippen LogP contribution in [0.4, 0.5) is 14.4 Å². The fourth-order valence-corrected chi connectivity index (χ4v) is 14.3. The quantitative estimate of drug-likeness (QED) is 0.0237. The van der Waals surface area contributed by atoms with Gasteiger partial charge in [-0.2, -0.15) is 0 Å². The molecule has 3 aromatic carbocycles. The standard InChI is InChI=1S/C32H50N4O11.C29H45N5O9.C27H43N5O8/c1-18(2)25-22(29(36-35-25)47-30-28(41)27(40)26(39)24(16-37)46-30)14-19-6-7-21(15-23(19)45-20-8-12-43-13-9-20)44-11-5-10-33-31(42)34-32(3,4)17-38;1-14(2)21-19(27(34-33-21)43-28-25(38)24(37)23(36)20(13-35)42-28)12-17-7-8-18(11-16(17)5)41-10-6-9-31-29(40)32-22(15(3)4)26(30)39;1-14(2)20-18(24(32-31-20)40-25-23(36)22(35)21(34)19(12-33)39-25)11-16-6-7-17(10-15(16)3)38-9-8-29-26(37)30-27(4,5)13-28/h6-7,15,18,20,24,26-28,30,37-41H,5,8-14,16-17H2,1-4H3,(H,35,36)(H2,33,34,42);7-8,11,14-15,20,22-25,28,35-38H,6,9-10,12-13H2,1-5H3,(H2,30,39)(H,33,34)(H2,31,32,40);6-7,10,14,19,21-23,25,33-36H,8-9,11-13,28H2,1-5H3,(H,31,32)(H2,29,30,37)/t24-,26-,27+,28-,30+;20-,22+,23-,24+,25-,28+;19-,21-,22+,23-,25+/m111/s1. The van der Waals surface area contributed by atoms with E-state index in [0.29, 0.717) is 113 Å². The Morgan fingerprint density at radius 1 is 0.477 bits per heavy atom. The summed E-state index contributed by atoms with van der Waals surface area (Å²) in [6, 6.07) is 15.0. The number of carbonyl (C=O) groups is 4. The summed E-state index contributed by atoms with van der Waals surface area (Å²) in [4.78, 5) is 47.5. The van der Waals surface area contributed by atoms with Gasteiger partial charge in [0.25, 0.3) is 0 Å². The lowest BCUT2D eigenvalue weighted by atomic mass is 9.96. The number of primary amides is 1. The normalized spacial score (nSPS) is 23.3. The van der Waals surface area contributed by atoms with Crippen LogP contribution in [0, 0.1) is 19.8 Å². The first-order valence-corrected chi connectivity index (χ1v) is 44.0. The molecule has 4 aliphatic heterocycles. The predicted molar refractivity (Wildman–Crippen MR) is 470 cm³/mol. The van der Waals surface area contributed by atoms with Gasteiger partial charge >= 0.3 is 18.1 Å². The molecule has 42 nitrogen and oxygen atoms in total. The lowest BCUT2D eigenvalue weighted by molar-refractivity contribution is -0.278. The van der Waals surface area contributed by atoms with E-state index in [2.05, 4.69) is 62.5 Å². The molecule has 4 fully saturated rings. The minimum absolute atomic E-state index is 0.0255. The molecule has 4 aliphatic rings. The molecule has 0 unspecified atom stereocenters. The van der Waals surface area contributed by atoms with Crippen molar-refractivity contribution in [2.45, 2.75) is 275 Å². The van der Waals surface area contributed by atoms with E-state index >= 15 is 0 Å². The van der Waals surface area contributed by atoms with Gasteiger partial charge in [0, 0.05) is 97.1 Å². The maximum atomic E-state index is 12.1. The van der Waals surface area contributed by atoms with Crippen LogP contribution in [0.2, 0.25) is 0 Å². The number of aryl methyl sites for hydroxylation is 2. The third kappa shape index (κ3) is 30.0. The van der Waals surface area contributed by atoms with Gasteiger partial charge in [0.15, 0.2) is 0 Å². The van der Waals surface area contributed by atoms with E-state index in [0.717, 1.165) is 68.9 Å². The SMILES string of the molecule is CC(C)c1[nH]nc(O[C@@H]2O[C@H](CO)[C@@H](O)[C@H](O)[C@H]2O)c1Cc1ccc(OCCCNC(=O)NC(C)(C)CO)cc1OC1CCOCC1.Cc1cc(OCCCNC(=O)N[C@H](C(N)=O)C(C)C)ccc1Cc1c(O[C@@H]2O[C@H](CO)[C@@H](O)[C@H](O)[C@H]2O)n[nH]c1C(C)C.Cc1cc(OCCNC(=O)NC(C)(C)CN)ccc1Cc1c(O[C@@H]2O[C@H](CO)[C@@H](O)[C@H](O)[C@H]2O)n[nH]c1C(C)C. The van der Waals surface area contributed by atoms with E-state index < -0.39 is 141 Å². The number of amides is 7. The van der Waals surface area contributed by atoms with Crippen LogP contribution in [0.1, 0.15) is 188 Å². The van der Waals surface area contributed by atoms with Gasteiger partial charge in [0.05, 0.1) is 64.9 Å². The fraction of sp³-hybridized carbons (Fsp3) is 0.648. The minimum atomic E-state index is -1.59. The number of aliphatic hydroxyl groups excluding tert-OH is 13. The molecule has 0 spiro atoms. The van der Waals surface area contributed by atoms with Crippen molar-refractivity contribution in [2.75, 3.05) is 85.6 Å². The predicted octanol–water partition coefficient (Wildman–Crippen LogP) is 0.915. The van der Waals surface area contributed by atoms with E-state index in [4.69, 9.17) is 63.6 Å². The highest BCUT2D eigenvalue weighted by molar-refractivity contribution is 5.86. The number of nitrogens with two attached hydrogens (primary N) is 2.